The lowest BCUT2D eigenvalue weighted by atomic mass is 9.98. The summed E-state index contributed by atoms with van der Waals surface area (Å²) in [6, 6.07) is 5.34. The van der Waals surface area contributed by atoms with Crippen LogP contribution in [0.1, 0.15) is 50.6 Å². The Kier molecular flexibility index (Phi) is 6.46. The summed E-state index contributed by atoms with van der Waals surface area (Å²) in [4.78, 5) is 0. The lowest BCUT2D eigenvalue weighted by molar-refractivity contribution is 0.0295. The Morgan fingerprint density at radius 1 is 1.35 bits per heavy atom. The fourth-order valence-corrected chi connectivity index (χ4v) is 3.03. The predicted molar refractivity (Wildman–Crippen MR) is 83.3 cm³/mol. The largest absolute Gasteiger partial charge is 0.377 e. The number of hydrogen-bond donors (Lipinski definition) is 1. The van der Waals surface area contributed by atoms with Gasteiger partial charge in [-0.3, -0.25) is 0 Å². The van der Waals surface area contributed by atoms with Crippen molar-refractivity contribution in [2.75, 3.05) is 13.2 Å². The van der Waals surface area contributed by atoms with Crippen LogP contribution in [0.25, 0.3) is 0 Å². The van der Waals surface area contributed by atoms with Gasteiger partial charge in [0.2, 0.25) is 0 Å². The Labute approximate surface area is 129 Å². The molecule has 1 unspecified atom stereocenters. The first-order valence-corrected chi connectivity index (χ1v) is 8.26. The third-order valence-electron chi connectivity index (χ3n) is 3.90. The maximum Gasteiger partial charge on any atom is 0.137 e. The van der Waals surface area contributed by atoms with Crippen LogP contribution in [0.5, 0.6) is 0 Å². The van der Waals surface area contributed by atoms with Crippen molar-refractivity contribution in [3.05, 3.63) is 34.1 Å². The first kappa shape index (κ1) is 15.9. The van der Waals surface area contributed by atoms with Gasteiger partial charge in [0.05, 0.1) is 17.2 Å². The highest BCUT2D eigenvalue weighted by Crippen LogP contribution is 2.22. The molecular weight excluding hydrogens is 321 g/mol. The van der Waals surface area contributed by atoms with E-state index in [1.54, 1.807) is 0 Å². The van der Waals surface area contributed by atoms with Crippen LogP contribution in [0.15, 0.2) is 22.7 Å². The van der Waals surface area contributed by atoms with E-state index in [9.17, 15) is 4.39 Å². The van der Waals surface area contributed by atoms with Gasteiger partial charge in [0, 0.05) is 12.6 Å². The van der Waals surface area contributed by atoms with Crippen molar-refractivity contribution < 1.29 is 9.13 Å². The van der Waals surface area contributed by atoms with Crippen molar-refractivity contribution in [2.24, 2.45) is 0 Å². The van der Waals surface area contributed by atoms with Crippen molar-refractivity contribution in [3.63, 3.8) is 0 Å². The van der Waals surface area contributed by atoms with E-state index in [0.717, 1.165) is 18.7 Å². The Bertz CT molecular complexity index is 421. The van der Waals surface area contributed by atoms with Gasteiger partial charge >= 0.3 is 0 Å². The maximum absolute atomic E-state index is 13.2. The smallest absolute Gasteiger partial charge is 0.137 e. The number of halogens is 2. The predicted octanol–water partition coefficient (Wildman–Crippen LogP) is 4.59. The molecule has 0 heterocycles. The minimum absolute atomic E-state index is 0.196. The molecule has 1 aliphatic carbocycles. The normalized spacial score (nSPS) is 18.1. The van der Waals surface area contributed by atoms with Crippen LogP contribution < -0.4 is 5.32 Å². The zero-order valence-electron chi connectivity index (χ0n) is 12.0. The van der Waals surface area contributed by atoms with Crippen LogP contribution in [0, 0.1) is 5.82 Å². The molecule has 1 N–H and O–H groups in total. The van der Waals surface area contributed by atoms with Crippen LogP contribution in [0.4, 0.5) is 4.39 Å². The summed E-state index contributed by atoms with van der Waals surface area (Å²) in [5.74, 6) is -0.221. The molecule has 0 amide bonds. The molecule has 0 bridgehead atoms. The average Bonchev–Trinajstić information content (AvgIpc) is 2.47. The number of rotatable bonds is 6. The Hall–Kier alpha value is -0.450. The van der Waals surface area contributed by atoms with Crippen LogP contribution in [0.2, 0.25) is 0 Å². The molecule has 0 spiro atoms. The number of benzene rings is 1. The molecule has 0 saturated heterocycles. The summed E-state index contributed by atoms with van der Waals surface area (Å²) in [7, 11) is 0. The van der Waals surface area contributed by atoms with E-state index < -0.39 is 0 Å². The van der Waals surface area contributed by atoms with Crippen LogP contribution in [-0.4, -0.2) is 19.3 Å². The molecule has 2 nitrogen and oxygen atoms in total. The Morgan fingerprint density at radius 2 is 2.10 bits per heavy atom. The molecule has 1 aromatic carbocycles. The monoisotopic (exact) mass is 343 g/mol. The van der Waals surface area contributed by atoms with Crippen molar-refractivity contribution in [2.45, 2.75) is 51.2 Å². The van der Waals surface area contributed by atoms with E-state index in [2.05, 4.69) is 28.2 Å². The minimum Gasteiger partial charge on any atom is -0.377 e. The lowest BCUT2D eigenvalue weighted by Gasteiger charge is -2.22. The van der Waals surface area contributed by atoms with Gasteiger partial charge in [-0.1, -0.05) is 25.3 Å². The number of ether oxygens (including phenoxy) is 1. The molecular formula is C16H23BrFNO. The minimum atomic E-state index is -0.221. The second-order valence-electron chi connectivity index (χ2n) is 5.48. The third kappa shape index (κ3) is 4.83. The van der Waals surface area contributed by atoms with Gasteiger partial charge in [0.25, 0.3) is 0 Å². The first-order chi connectivity index (χ1) is 9.66. The van der Waals surface area contributed by atoms with Gasteiger partial charge in [0.15, 0.2) is 0 Å². The highest BCUT2D eigenvalue weighted by atomic mass is 79.9. The quantitative estimate of drug-likeness (QED) is 0.762. The second kappa shape index (κ2) is 8.11. The molecule has 20 heavy (non-hydrogen) atoms. The van der Waals surface area contributed by atoms with Gasteiger partial charge in [-0.15, -0.1) is 0 Å². The van der Waals surface area contributed by atoms with Gasteiger partial charge in [-0.25, -0.2) is 4.39 Å². The van der Waals surface area contributed by atoms with E-state index in [0.29, 0.717) is 10.6 Å². The van der Waals surface area contributed by atoms with Gasteiger partial charge in [-0.05, 0) is 53.4 Å². The van der Waals surface area contributed by atoms with E-state index in [1.807, 2.05) is 12.1 Å². The molecule has 0 aromatic heterocycles. The standard InChI is InChI=1S/C16H23BrFNO/c1-12(13-7-8-16(18)15(17)11-13)19-9-10-20-14-5-3-2-4-6-14/h7-8,11-12,14,19H,2-6,9-10H2,1H3. The highest BCUT2D eigenvalue weighted by molar-refractivity contribution is 9.10. The molecule has 1 saturated carbocycles. The summed E-state index contributed by atoms with van der Waals surface area (Å²) < 4.78 is 19.6. The molecule has 1 aliphatic rings. The molecule has 1 atom stereocenters. The summed E-state index contributed by atoms with van der Waals surface area (Å²) >= 11 is 3.22. The molecule has 4 heteroatoms. The lowest BCUT2D eigenvalue weighted by Crippen LogP contribution is -2.26. The SMILES string of the molecule is CC(NCCOC1CCCCC1)c1ccc(F)c(Br)c1. The van der Waals surface area contributed by atoms with Gasteiger partial charge in [0.1, 0.15) is 5.82 Å². The molecule has 1 fully saturated rings. The van der Waals surface area contributed by atoms with Crippen molar-refractivity contribution in [1.29, 1.82) is 0 Å². The topological polar surface area (TPSA) is 21.3 Å². The van der Waals surface area contributed by atoms with Gasteiger partial charge < -0.3 is 10.1 Å². The van der Waals surface area contributed by atoms with Gasteiger partial charge in [-0.2, -0.15) is 0 Å². The molecule has 0 aliphatic heterocycles. The zero-order valence-corrected chi connectivity index (χ0v) is 13.6. The van der Waals surface area contributed by atoms with Crippen molar-refractivity contribution >= 4 is 15.9 Å². The number of nitrogens with one attached hydrogen (secondary N) is 1. The summed E-state index contributed by atoms with van der Waals surface area (Å²) in [6.45, 7) is 3.66. The fourth-order valence-electron chi connectivity index (χ4n) is 2.63. The van der Waals surface area contributed by atoms with Crippen LogP contribution in [0.3, 0.4) is 0 Å². The van der Waals surface area contributed by atoms with Crippen molar-refractivity contribution in [3.8, 4) is 0 Å². The third-order valence-corrected chi connectivity index (χ3v) is 4.51. The summed E-state index contributed by atoms with van der Waals surface area (Å²) in [5, 5.41) is 3.42. The molecule has 112 valence electrons. The van der Waals surface area contributed by atoms with E-state index in [4.69, 9.17) is 4.74 Å². The van der Waals surface area contributed by atoms with Crippen LogP contribution in [-0.2, 0) is 4.74 Å². The summed E-state index contributed by atoms with van der Waals surface area (Å²) in [6.07, 6.45) is 6.84. The van der Waals surface area contributed by atoms with E-state index >= 15 is 0 Å². The second-order valence-corrected chi connectivity index (χ2v) is 6.33. The van der Waals surface area contributed by atoms with Crippen molar-refractivity contribution in [1.82, 2.24) is 5.32 Å². The maximum atomic E-state index is 13.2. The number of hydrogen-bond acceptors (Lipinski definition) is 2. The Morgan fingerprint density at radius 3 is 2.80 bits per heavy atom. The molecule has 1 aromatic rings. The average molecular weight is 344 g/mol. The Balaban J connectivity index is 1.69. The van der Waals surface area contributed by atoms with E-state index in [-0.39, 0.29) is 11.9 Å². The first-order valence-electron chi connectivity index (χ1n) is 7.47. The molecule has 0 radical (unpaired) electrons. The van der Waals surface area contributed by atoms with E-state index in [1.165, 1.54) is 38.2 Å². The van der Waals surface area contributed by atoms with Crippen LogP contribution >= 0.6 is 15.9 Å². The highest BCUT2D eigenvalue weighted by Gasteiger charge is 2.13. The summed E-state index contributed by atoms with van der Waals surface area (Å²) in [5.41, 5.74) is 1.08. The fraction of sp³-hybridized carbons (Fsp3) is 0.625. The molecule has 2 rings (SSSR count). The zero-order chi connectivity index (χ0) is 14.4.